The van der Waals surface area contributed by atoms with E-state index in [4.69, 9.17) is 10.8 Å². The van der Waals surface area contributed by atoms with Crippen LogP contribution in [0.4, 0.5) is 0 Å². The highest BCUT2D eigenvalue weighted by atomic mass is 16.4. The van der Waals surface area contributed by atoms with Crippen LogP contribution in [-0.2, 0) is 9.59 Å². The third-order valence-corrected chi connectivity index (χ3v) is 3.46. The Labute approximate surface area is 95.4 Å². The predicted molar refractivity (Wildman–Crippen MR) is 59.9 cm³/mol. The van der Waals surface area contributed by atoms with Crippen molar-refractivity contribution in [1.82, 2.24) is 5.32 Å². The Bertz CT molecular complexity index is 300. The normalized spacial score (nSPS) is 21.7. The van der Waals surface area contributed by atoms with Gasteiger partial charge in [0.15, 0.2) is 0 Å². The molecule has 0 heterocycles. The molecule has 0 aliphatic heterocycles. The monoisotopic (exact) mass is 228 g/mol. The molecule has 1 rings (SSSR count). The molecule has 1 aliphatic rings. The number of amides is 1. The molecule has 1 saturated carbocycles. The van der Waals surface area contributed by atoms with E-state index in [9.17, 15) is 9.59 Å². The minimum atomic E-state index is -1.18. The molecule has 0 bridgehead atoms. The van der Waals surface area contributed by atoms with Crippen LogP contribution in [0.5, 0.6) is 0 Å². The van der Waals surface area contributed by atoms with Gasteiger partial charge in [0.25, 0.3) is 0 Å². The number of nitrogens with one attached hydrogen (secondary N) is 1. The Morgan fingerprint density at radius 2 is 2.06 bits per heavy atom. The Balaban J connectivity index is 2.52. The summed E-state index contributed by atoms with van der Waals surface area (Å²) in [7, 11) is 0. The predicted octanol–water partition coefficient (Wildman–Crippen LogP) is 0.627. The first-order valence-corrected chi connectivity index (χ1v) is 5.65. The second kappa shape index (κ2) is 4.41. The van der Waals surface area contributed by atoms with Gasteiger partial charge in [-0.1, -0.05) is 6.92 Å². The fraction of sp³-hybridized carbons (Fsp3) is 0.818. The Hall–Kier alpha value is -1.10. The number of carbonyl (C=O) groups excluding carboxylic acids is 1. The van der Waals surface area contributed by atoms with E-state index in [0.717, 1.165) is 19.3 Å². The molecule has 4 N–H and O–H groups in total. The third-order valence-electron chi connectivity index (χ3n) is 3.46. The highest BCUT2D eigenvalue weighted by Gasteiger charge is 2.38. The van der Waals surface area contributed by atoms with Gasteiger partial charge in [0.1, 0.15) is 5.54 Å². The number of rotatable bonds is 5. The zero-order valence-corrected chi connectivity index (χ0v) is 9.88. The average Bonchev–Trinajstić information content (AvgIpc) is 2.14. The largest absolute Gasteiger partial charge is 0.480 e. The number of aliphatic carboxylic acids is 1. The van der Waals surface area contributed by atoms with E-state index in [1.807, 2.05) is 0 Å². The number of hydrogen-bond acceptors (Lipinski definition) is 3. The van der Waals surface area contributed by atoms with Crippen LogP contribution in [0, 0.1) is 0 Å². The molecule has 0 aromatic rings. The summed E-state index contributed by atoms with van der Waals surface area (Å²) in [5.74, 6) is -1.28. The molecule has 16 heavy (non-hydrogen) atoms. The van der Waals surface area contributed by atoms with Crippen molar-refractivity contribution in [3.8, 4) is 0 Å². The lowest BCUT2D eigenvalue weighted by molar-refractivity contribution is -0.147. The van der Waals surface area contributed by atoms with Crippen LogP contribution in [-0.4, -0.2) is 28.1 Å². The SMILES string of the molecule is CCC(C)(NC(=O)CC1(N)CCC1)C(=O)O. The van der Waals surface area contributed by atoms with Crippen LogP contribution in [0.3, 0.4) is 0 Å². The lowest BCUT2D eigenvalue weighted by atomic mass is 9.75. The molecule has 5 nitrogen and oxygen atoms in total. The fourth-order valence-electron chi connectivity index (χ4n) is 1.77. The molecule has 1 fully saturated rings. The lowest BCUT2D eigenvalue weighted by Gasteiger charge is -2.38. The van der Waals surface area contributed by atoms with E-state index in [-0.39, 0.29) is 12.3 Å². The number of carboxylic acid groups (broad SMARTS) is 1. The molecule has 1 amide bonds. The van der Waals surface area contributed by atoms with Crippen LogP contribution in [0.15, 0.2) is 0 Å². The number of nitrogens with two attached hydrogens (primary N) is 1. The van der Waals surface area contributed by atoms with Crippen molar-refractivity contribution in [2.24, 2.45) is 5.73 Å². The number of carboxylic acids is 1. The quantitative estimate of drug-likeness (QED) is 0.643. The minimum absolute atomic E-state index is 0.218. The average molecular weight is 228 g/mol. The Morgan fingerprint density at radius 1 is 1.50 bits per heavy atom. The molecule has 1 unspecified atom stereocenters. The Kier molecular flexibility index (Phi) is 3.57. The summed E-state index contributed by atoms with van der Waals surface area (Å²) in [5.41, 5.74) is 4.34. The van der Waals surface area contributed by atoms with E-state index in [2.05, 4.69) is 5.32 Å². The van der Waals surface area contributed by atoms with E-state index >= 15 is 0 Å². The summed E-state index contributed by atoms with van der Waals surface area (Å²) in [6.07, 6.45) is 3.31. The summed E-state index contributed by atoms with van der Waals surface area (Å²) < 4.78 is 0. The van der Waals surface area contributed by atoms with Crippen LogP contribution < -0.4 is 11.1 Å². The molecule has 0 radical (unpaired) electrons. The third kappa shape index (κ3) is 2.72. The van der Waals surface area contributed by atoms with Gasteiger partial charge in [-0.25, -0.2) is 4.79 Å². The molecule has 0 spiro atoms. The smallest absolute Gasteiger partial charge is 0.329 e. The molecular weight excluding hydrogens is 208 g/mol. The van der Waals surface area contributed by atoms with Gasteiger partial charge in [0, 0.05) is 12.0 Å². The van der Waals surface area contributed by atoms with Gasteiger partial charge >= 0.3 is 5.97 Å². The first-order chi connectivity index (χ1) is 7.31. The molecule has 1 aliphatic carbocycles. The van der Waals surface area contributed by atoms with Gasteiger partial charge in [0.05, 0.1) is 0 Å². The van der Waals surface area contributed by atoms with Crippen molar-refractivity contribution in [1.29, 1.82) is 0 Å². The van der Waals surface area contributed by atoms with E-state index in [1.165, 1.54) is 6.92 Å². The zero-order chi connectivity index (χ0) is 12.4. The lowest BCUT2D eigenvalue weighted by Crippen LogP contribution is -2.56. The van der Waals surface area contributed by atoms with E-state index in [1.54, 1.807) is 6.92 Å². The van der Waals surface area contributed by atoms with Crippen LogP contribution in [0.1, 0.15) is 46.0 Å². The summed E-state index contributed by atoms with van der Waals surface area (Å²) in [4.78, 5) is 22.7. The molecular formula is C11H20N2O3. The first-order valence-electron chi connectivity index (χ1n) is 5.65. The maximum atomic E-state index is 11.7. The topological polar surface area (TPSA) is 92.4 Å². The zero-order valence-electron chi connectivity index (χ0n) is 9.88. The van der Waals surface area contributed by atoms with Gasteiger partial charge in [-0.3, -0.25) is 4.79 Å². The van der Waals surface area contributed by atoms with Gasteiger partial charge in [-0.2, -0.15) is 0 Å². The summed E-state index contributed by atoms with van der Waals surface area (Å²) in [5, 5.41) is 11.6. The Morgan fingerprint density at radius 3 is 2.38 bits per heavy atom. The maximum Gasteiger partial charge on any atom is 0.329 e. The van der Waals surface area contributed by atoms with Crippen molar-refractivity contribution in [2.45, 2.75) is 57.0 Å². The first kappa shape index (κ1) is 13.0. The molecule has 0 aromatic heterocycles. The molecule has 92 valence electrons. The van der Waals surface area contributed by atoms with Gasteiger partial charge in [0.2, 0.25) is 5.91 Å². The van der Waals surface area contributed by atoms with Crippen molar-refractivity contribution in [3.63, 3.8) is 0 Å². The van der Waals surface area contributed by atoms with Crippen LogP contribution in [0.25, 0.3) is 0 Å². The van der Waals surface area contributed by atoms with E-state index in [0.29, 0.717) is 6.42 Å². The highest BCUT2D eigenvalue weighted by molar-refractivity contribution is 5.87. The molecule has 5 heteroatoms. The number of carbonyl (C=O) groups is 2. The molecule has 1 atom stereocenters. The summed E-state index contributed by atoms with van der Waals surface area (Å²) in [6.45, 7) is 3.24. The van der Waals surface area contributed by atoms with Crippen LogP contribution in [0.2, 0.25) is 0 Å². The summed E-state index contributed by atoms with van der Waals surface area (Å²) in [6, 6.07) is 0. The highest BCUT2D eigenvalue weighted by Crippen LogP contribution is 2.32. The number of hydrogen-bond donors (Lipinski definition) is 3. The van der Waals surface area contributed by atoms with Gasteiger partial charge < -0.3 is 16.2 Å². The fourth-order valence-corrected chi connectivity index (χ4v) is 1.77. The molecule has 0 saturated heterocycles. The maximum absolute atomic E-state index is 11.7. The summed E-state index contributed by atoms with van der Waals surface area (Å²) >= 11 is 0. The van der Waals surface area contributed by atoms with E-state index < -0.39 is 17.0 Å². The standard InChI is InChI=1S/C11H20N2O3/c1-3-10(2,9(15)16)13-8(14)7-11(12)5-4-6-11/h3-7,12H2,1-2H3,(H,13,14)(H,15,16). The second-order valence-corrected chi connectivity index (χ2v) is 4.93. The van der Waals surface area contributed by atoms with Crippen molar-refractivity contribution in [2.75, 3.05) is 0 Å². The van der Waals surface area contributed by atoms with Gasteiger partial charge in [-0.05, 0) is 32.6 Å². The minimum Gasteiger partial charge on any atom is -0.480 e. The van der Waals surface area contributed by atoms with Crippen LogP contribution >= 0.6 is 0 Å². The second-order valence-electron chi connectivity index (χ2n) is 4.93. The molecule has 0 aromatic carbocycles. The van der Waals surface area contributed by atoms with Crippen molar-refractivity contribution < 1.29 is 14.7 Å². The van der Waals surface area contributed by atoms with Crippen molar-refractivity contribution in [3.05, 3.63) is 0 Å². The van der Waals surface area contributed by atoms with Crippen molar-refractivity contribution >= 4 is 11.9 Å². The van der Waals surface area contributed by atoms with Gasteiger partial charge in [-0.15, -0.1) is 0 Å².